The molecule has 0 bridgehead atoms. The number of phenolic OH excluding ortho intramolecular Hbond substituents is 1. The molecule has 2 aliphatic rings. The number of aromatic hydroxyl groups is 1. The third kappa shape index (κ3) is 1.48. The first kappa shape index (κ1) is 9.73. The number of rotatable bonds is 0. The smallest absolute Gasteiger partial charge is 0.131 e. The second-order valence-corrected chi connectivity index (χ2v) is 4.42. The van der Waals surface area contributed by atoms with Crippen molar-refractivity contribution in [3.8, 4) is 11.5 Å². The number of fused-ring (bicyclic) bond motifs is 2. The molecule has 1 fully saturated rings. The molecule has 3 heteroatoms. The third-order valence-electron chi connectivity index (χ3n) is 3.29. The van der Waals surface area contributed by atoms with Crippen molar-refractivity contribution in [1.29, 1.82) is 0 Å². The first-order chi connectivity index (χ1) is 7.74. The minimum absolute atomic E-state index is 0.0157. The van der Waals surface area contributed by atoms with Crippen molar-refractivity contribution < 1.29 is 14.9 Å². The summed E-state index contributed by atoms with van der Waals surface area (Å²) in [7, 11) is 0. The highest BCUT2D eigenvalue weighted by molar-refractivity contribution is 5.65. The van der Waals surface area contributed by atoms with Gasteiger partial charge in [0, 0.05) is 11.6 Å². The molecule has 1 aromatic rings. The van der Waals surface area contributed by atoms with Gasteiger partial charge in [-0.25, -0.2) is 0 Å². The summed E-state index contributed by atoms with van der Waals surface area (Å²) in [5.41, 5.74) is 1.91. The fourth-order valence-corrected chi connectivity index (χ4v) is 2.44. The molecule has 3 nitrogen and oxygen atoms in total. The van der Waals surface area contributed by atoms with E-state index in [0.717, 1.165) is 30.4 Å². The van der Waals surface area contributed by atoms with Crippen LogP contribution in [-0.4, -0.2) is 22.4 Å². The minimum Gasteiger partial charge on any atom is -0.508 e. The van der Waals surface area contributed by atoms with Gasteiger partial charge in [0.05, 0.1) is 6.10 Å². The fourth-order valence-electron chi connectivity index (χ4n) is 2.44. The van der Waals surface area contributed by atoms with Gasteiger partial charge in [0.25, 0.3) is 0 Å². The molecule has 0 spiro atoms. The van der Waals surface area contributed by atoms with E-state index >= 15 is 0 Å². The van der Waals surface area contributed by atoms with Crippen LogP contribution in [0.3, 0.4) is 0 Å². The van der Waals surface area contributed by atoms with Gasteiger partial charge in [0.2, 0.25) is 0 Å². The molecular weight excluding hydrogens is 204 g/mol. The van der Waals surface area contributed by atoms with Crippen LogP contribution in [0, 0.1) is 0 Å². The normalized spacial score (nSPS) is 27.4. The molecule has 0 radical (unpaired) electrons. The van der Waals surface area contributed by atoms with E-state index in [1.165, 1.54) is 0 Å². The number of hydrogen-bond acceptors (Lipinski definition) is 3. The summed E-state index contributed by atoms with van der Waals surface area (Å²) in [6.07, 6.45) is 4.35. The molecule has 2 N–H and O–H groups in total. The van der Waals surface area contributed by atoms with E-state index in [1.807, 2.05) is 12.1 Å². The molecule has 1 aliphatic carbocycles. The highest BCUT2D eigenvalue weighted by Crippen LogP contribution is 2.37. The Hall–Kier alpha value is -1.48. The summed E-state index contributed by atoms with van der Waals surface area (Å²) in [5.74, 6) is 0.926. The Morgan fingerprint density at radius 2 is 2.12 bits per heavy atom. The predicted octanol–water partition coefficient (Wildman–Crippen LogP) is 2.08. The Balaban J connectivity index is 2.05. The number of ether oxygens (including phenoxy) is 1. The summed E-state index contributed by atoms with van der Waals surface area (Å²) in [6, 6.07) is 5.08. The van der Waals surface area contributed by atoms with Crippen molar-refractivity contribution in [1.82, 2.24) is 0 Å². The van der Waals surface area contributed by atoms with Crippen molar-refractivity contribution in [2.24, 2.45) is 0 Å². The van der Waals surface area contributed by atoms with Crippen molar-refractivity contribution in [2.45, 2.75) is 31.5 Å². The van der Waals surface area contributed by atoms with Crippen LogP contribution >= 0.6 is 0 Å². The molecule has 0 unspecified atom stereocenters. The largest absolute Gasteiger partial charge is 0.508 e. The van der Waals surface area contributed by atoms with Crippen LogP contribution < -0.4 is 4.74 Å². The van der Waals surface area contributed by atoms with Crippen molar-refractivity contribution >= 4 is 6.08 Å². The summed E-state index contributed by atoms with van der Waals surface area (Å²) in [4.78, 5) is 0. The number of aliphatic hydroxyl groups is 1. The van der Waals surface area contributed by atoms with E-state index in [1.54, 1.807) is 12.1 Å². The maximum Gasteiger partial charge on any atom is 0.131 e. The number of benzene rings is 1. The van der Waals surface area contributed by atoms with Gasteiger partial charge in [-0.15, -0.1) is 0 Å². The van der Waals surface area contributed by atoms with Gasteiger partial charge in [0.1, 0.15) is 17.6 Å². The molecule has 1 heterocycles. The Morgan fingerprint density at radius 1 is 1.25 bits per heavy atom. The summed E-state index contributed by atoms with van der Waals surface area (Å²) in [5, 5.41) is 19.3. The Morgan fingerprint density at radius 3 is 3.00 bits per heavy atom. The molecule has 0 saturated heterocycles. The van der Waals surface area contributed by atoms with E-state index < -0.39 is 0 Å². The zero-order chi connectivity index (χ0) is 11.1. The fraction of sp³-hybridized carbons (Fsp3) is 0.385. The second kappa shape index (κ2) is 3.52. The van der Waals surface area contributed by atoms with Gasteiger partial charge in [-0.1, -0.05) is 0 Å². The van der Waals surface area contributed by atoms with E-state index in [2.05, 4.69) is 0 Å². The van der Waals surface area contributed by atoms with Crippen molar-refractivity contribution in [3.05, 3.63) is 29.3 Å². The Labute approximate surface area is 94.0 Å². The minimum atomic E-state index is -0.374. The standard InChI is InChI=1S/C13H14O3/c14-9-5-4-8-6-10-11(15)2-1-3-12(10)16-13(8)7-9/h4-7,11-12,14-15H,1-3H2/t11-,12+/m0/s1. The zero-order valence-corrected chi connectivity index (χ0v) is 8.89. The topological polar surface area (TPSA) is 49.7 Å². The lowest BCUT2D eigenvalue weighted by atomic mass is 9.86. The SMILES string of the molecule is Oc1ccc2c(c1)O[C@@H]1CCC[C@H](O)C1=C2. The highest BCUT2D eigenvalue weighted by atomic mass is 16.5. The molecule has 0 amide bonds. The molecule has 1 aliphatic heterocycles. The first-order valence-corrected chi connectivity index (χ1v) is 5.63. The van der Waals surface area contributed by atoms with Gasteiger partial charge in [0.15, 0.2) is 0 Å². The molecule has 3 rings (SSSR count). The monoisotopic (exact) mass is 218 g/mol. The lowest BCUT2D eigenvalue weighted by Crippen LogP contribution is -2.33. The maximum atomic E-state index is 9.89. The van der Waals surface area contributed by atoms with Crippen LogP contribution in [0.5, 0.6) is 11.5 Å². The summed E-state index contributed by atoms with van der Waals surface area (Å²) < 4.78 is 5.80. The lowest BCUT2D eigenvalue weighted by Gasteiger charge is -2.33. The molecular formula is C13H14O3. The number of aliphatic hydroxyl groups excluding tert-OH is 1. The third-order valence-corrected chi connectivity index (χ3v) is 3.29. The summed E-state index contributed by atoms with van der Waals surface area (Å²) >= 11 is 0. The second-order valence-electron chi connectivity index (χ2n) is 4.42. The van der Waals surface area contributed by atoms with Gasteiger partial charge in [-0.2, -0.15) is 0 Å². The molecule has 1 aromatic carbocycles. The lowest BCUT2D eigenvalue weighted by molar-refractivity contribution is 0.112. The highest BCUT2D eigenvalue weighted by Gasteiger charge is 2.30. The zero-order valence-electron chi connectivity index (χ0n) is 8.89. The number of hydrogen-bond donors (Lipinski definition) is 2. The van der Waals surface area contributed by atoms with Crippen LogP contribution in [0.25, 0.3) is 6.08 Å². The maximum absolute atomic E-state index is 9.89. The van der Waals surface area contributed by atoms with Crippen LogP contribution in [0.4, 0.5) is 0 Å². The van der Waals surface area contributed by atoms with Crippen LogP contribution in [0.1, 0.15) is 24.8 Å². The van der Waals surface area contributed by atoms with Crippen LogP contribution in [-0.2, 0) is 0 Å². The van der Waals surface area contributed by atoms with Crippen LogP contribution in [0.2, 0.25) is 0 Å². The van der Waals surface area contributed by atoms with Crippen molar-refractivity contribution in [3.63, 3.8) is 0 Å². The van der Waals surface area contributed by atoms with E-state index in [4.69, 9.17) is 4.74 Å². The van der Waals surface area contributed by atoms with Crippen molar-refractivity contribution in [2.75, 3.05) is 0 Å². The first-order valence-electron chi connectivity index (χ1n) is 5.63. The molecule has 16 heavy (non-hydrogen) atoms. The molecule has 0 aromatic heterocycles. The quantitative estimate of drug-likeness (QED) is 0.701. The molecule has 2 atom stereocenters. The average molecular weight is 218 g/mol. The molecule has 1 saturated carbocycles. The van der Waals surface area contributed by atoms with Gasteiger partial charge < -0.3 is 14.9 Å². The molecule has 84 valence electrons. The Kier molecular flexibility index (Phi) is 2.14. The Bertz CT molecular complexity index is 450. The van der Waals surface area contributed by atoms with E-state index in [-0.39, 0.29) is 18.0 Å². The van der Waals surface area contributed by atoms with E-state index in [9.17, 15) is 10.2 Å². The van der Waals surface area contributed by atoms with E-state index in [0.29, 0.717) is 5.75 Å². The summed E-state index contributed by atoms with van der Waals surface area (Å²) in [6.45, 7) is 0. The van der Waals surface area contributed by atoms with Gasteiger partial charge in [-0.3, -0.25) is 0 Å². The van der Waals surface area contributed by atoms with Gasteiger partial charge >= 0.3 is 0 Å². The van der Waals surface area contributed by atoms with Crippen LogP contribution in [0.15, 0.2) is 23.8 Å². The average Bonchev–Trinajstić information content (AvgIpc) is 2.27. The number of phenols is 1. The predicted molar refractivity (Wildman–Crippen MR) is 60.4 cm³/mol. The van der Waals surface area contributed by atoms with Gasteiger partial charge in [-0.05, 0) is 43.0 Å².